The normalized spacial score (nSPS) is 11.9. The molecule has 1 atom stereocenters. The Balaban J connectivity index is 1.83. The number of carbonyl (C=O) groups is 3. The third-order valence-corrected chi connectivity index (χ3v) is 6.91. The maximum absolute atomic E-state index is 13.0. The van der Waals surface area contributed by atoms with Crippen molar-refractivity contribution in [3.05, 3.63) is 86.7 Å². The van der Waals surface area contributed by atoms with Crippen molar-refractivity contribution >= 4 is 39.1 Å². The summed E-state index contributed by atoms with van der Waals surface area (Å²) in [4.78, 5) is 51.0. The molecule has 3 aromatic rings. The fourth-order valence-electron chi connectivity index (χ4n) is 3.70. The molecule has 200 valence electrons. The van der Waals surface area contributed by atoms with E-state index in [1.54, 1.807) is 20.8 Å². The number of carbonyl (C=O) groups excluding carboxylic acids is 3. The minimum absolute atomic E-state index is 0.0745. The summed E-state index contributed by atoms with van der Waals surface area (Å²) in [5.41, 5.74) is 0.296. The molecule has 0 amide bonds. The fourth-order valence-corrected chi connectivity index (χ4v) is 4.82. The number of nitro groups is 1. The molecule has 1 aromatic heterocycles. The van der Waals surface area contributed by atoms with Crippen LogP contribution in [0.1, 0.15) is 56.3 Å². The molecular formula is C25H25N3O9S. The van der Waals surface area contributed by atoms with E-state index in [0.29, 0.717) is 11.3 Å². The first kappa shape index (κ1) is 28.1. The molecule has 0 fully saturated rings. The number of benzene rings is 2. The van der Waals surface area contributed by atoms with Crippen LogP contribution in [0.2, 0.25) is 0 Å². The SMILES string of the molecule is CCOC(=O)c1c(C)[nH]c(C(=O)[C@H](C)OC(=O)c2ccccc2NS(=O)(=O)c2cccc([N+](=O)[O-])c2)c1C. The van der Waals surface area contributed by atoms with Crippen LogP contribution in [-0.4, -0.2) is 48.8 Å². The zero-order valence-corrected chi connectivity index (χ0v) is 21.7. The molecular weight excluding hydrogens is 518 g/mol. The molecule has 0 radical (unpaired) electrons. The fraction of sp³-hybridized carbons (Fsp3) is 0.240. The van der Waals surface area contributed by atoms with E-state index in [4.69, 9.17) is 9.47 Å². The van der Waals surface area contributed by atoms with Crippen molar-refractivity contribution in [1.82, 2.24) is 4.98 Å². The summed E-state index contributed by atoms with van der Waals surface area (Å²) in [6.07, 6.45) is -1.30. The molecule has 0 unspecified atom stereocenters. The topological polar surface area (TPSA) is 175 Å². The summed E-state index contributed by atoms with van der Waals surface area (Å²) in [5.74, 6) is -2.19. The number of ketones is 1. The largest absolute Gasteiger partial charge is 0.462 e. The second-order valence-corrected chi connectivity index (χ2v) is 9.85. The third-order valence-electron chi connectivity index (χ3n) is 5.55. The van der Waals surface area contributed by atoms with Crippen LogP contribution in [-0.2, 0) is 19.5 Å². The number of non-ortho nitro benzene ring substituents is 1. The molecule has 38 heavy (non-hydrogen) atoms. The van der Waals surface area contributed by atoms with Gasteiger partial charge < -0.3 is 14.5 Å². The maximum Gasteiger partial charge on any atom is 0.340 e. The number of nitrogens with zero attached hydrogens (tertiary/aromatic N) is 1. The lowest BCUT2D eigenvalue weighted by molar-refractivity contribution is -0.385. The second kappa shape index (κ2) is 11.3. The Labute approximate surface area is 218 Å². The molecule has 2 N–H and O–H groups in total. The average Bonchev–Trinajstić information content (AvgIpc) is 3.17. The van der Waals surface area contributed by atoms with Crippen molar-refractivity contribution in [3.63, 3.8) is 0 Å². The Hall–Kier alpha value is -4.52. The van der Waals surface area contributed by atoms with Crippen molar-refractivity contribution in [2.75, 3.05) is 11.3 Å². The Kier molecular flexibility index (Phi) is 8.31. The number of aromatic nitrogens is 1. The van der Waals surface area contributed by atoms with Crippen LogP contribution in [0.5, 0.6) is 0 Å². The van der Waals surface area contributed by atoms with Crippen LogP contribution in [0.25, 0.3) is 0 Å². The van der Waals surface area contributed by atoms with Gasteiger partial charge in [-0.1, -0.05) is 18.2 Å². The highest BCUT2D eigenvalue weighted by molar-refractivity contribution is 7.92. The van der Waals surface area contributed by atoms with Gasteiger partial charge in [0.25, 0.3) is 15.7 Å². The van der Waals surface area contributed by atoms with Gasteiger partial charge in [0.1, 0.15) is 0 Å². The van der Waals surface area contributed by atoms with Gasteiger partial charge in [-0.05, 0) is 51.5 Å². The van der Waals surface area contributed by atoms with Gasteiger partial charge in [0, 0.05) is 17.8 Å². The number of H-pyrrole nitrogens is 1. The lowest BCUT2D eigenvalue weighted by Gasteiger charge is -2.15. The minimum atomic E-state index is -4.31. The highest BCUT2D eigenvalue weighted by Crippen LogP contribution is 2.25. The summed E-state index contributed by atoms with van der Waals surface area (Å²) in [6.45, 7) is 6.33. The number of esters is 2. The van der Waals surface area contributed by atoms with Crippen LogP contribution in [0, 0.1) is 24.0 Å². The minimum Gasteiger partial charge on any atom is -0.462 e. The molecule has 0 aliphatic rings. The molecule has 0 bridgehead atoms. The van der Waals surface area contributed by atoms with Crippen molar-refractivity contribution < 1.29 is 37.2 Å². The molecule has 0 saturated heterocycles. The number of nitrogens with one attached hydrogen (secondary N) is 2. The lowest BCUT2D eigenvalue weighted by atomic mass is 10.1. The number of aryl methyl sites for hydroxylation is 1. The van der Waals surface area contributed by atoms with E-state index in [1.165, 1.54) is 43.3 Å². The Morgan fingerprint density at radius 3 is 2.42 bits per heavy atom. The van der Waals surface area contributed by atoms with Crippen LogP contribution in [0.4, 0.5) is 11.4 Å². The van der Waals surface area contributed by atoms with Crippen LogP contribution in [0.3, 0.4) is 0 Å². The van der Waals surface area contributed by atoms with Gasteiger partial charge in [-0.2, -0.15) is 0 Å². The van der Waals surface area contributed by atoms with Gasteiger partial charge in [-0.15, -0.1) is 0 Å². The standard InChI is InChI=1S/C25H25N3O9S/c1-5-36-25(31)21-14(2)22(26-15(21)3)23(29)16(4)37-24(30)19-11-6-7-12-20(19)27-38(34,35)18-10-8-9-17(13-18)28(32)33/h6-13,16,26-27H,5H2,1-4H3/t16-/m0/s1. The average molecular weight is 544 g/mol. The number of sulfonamides is 1. The van der Waals surface area contributed by atoms with E-state index >= 15 is 0 Å². The van der Waals surface area contributed by atoms with Gasteiger partial charge in [-0.3, -0.25) is 19.6 Å². The molecule has 0 aliphatic carbocycles. The quantitative estimate of drug-likeness (QED) is 0.166. The predicted molar refractivity (Wildman–Crippen MR) is 136 cm³/mol. The van der Waals surface area contributed by atoms with Crippen LogP contribution < -0.4 is 4.72 Å². The summed E-state index contributed by atoms with van der Waals surface area (Å²) in [7, 11) is -4.31. The van der Waals surface area contributed by atoms with E-state index < -0.39 is 44.5 Å². The Bertz CT molecular complexity index is 1530. The third kappa shape index (κ3) is 5.89. The smallest absolute Gasteiger partial charge is 0.340 e. The monoisotopic (exact) mass is 543 g/mol. The molecule has 0 saturated carbocycles. The van der Waals surface area contributed by atoms with Gasteiger partial charge in [-0.25, -0.2) is 18.0 Å². The molecule has 1 heterocycles. The predicted octanol–water partition coefficient (Wildman–Crippen LogP) is 3.95. The van der Waals surface area contributed by atoms with Crippen molar-refractivity contribution in [2.45, 2.75) is 38.7 Å². The molecule has 13 heteroatoms. The van der Waals surface area contributed by atoms with E-state index in [9.17, 15) is 32.9 Å². The van der Waals surface area contributed by atoms with Gasteiger partial charge in [0.05, 0.1) is 38.9 Å². The number of aromatic amines is 1. The number of nitro benzene ring substituents is 1. The summed E-state index contributed by atoms with van der Waals surface area (Å²) < 4.78 is 38.3. The molecule has 0 spiro atoms. The Morgan fingerprint density at radius 1 is 1.08 bits per heavy atom. The van der Waals surface area contributed by atoms with E-state index in [0.717, 1.165) is 12.1 Å². The highest BCUT2D eigenvalue weighted by atomic mass is 32.2. The van der Waals surface area contributed by atoms with Gasteiger partial charge in [0.15, 0.2) is 6.10 Å². The van der Waals surface area contributed by atoms with Crippen molar-refractivity contribution in [2.24, 2.45) is 0 Å². The number of anilines is 1. The summed E-state index contributed by atoms with van der Waals surface area (Å²) in [6, 6.07) is 9.97. The number of ether oxygens (including phenoxy) is 2. The number of hydrogen-bond donors (Lipinski definition) is 2. The first-order chi connectivity index (χ1) is 17.9. The molecule has 0 aliphatic heterocycles. The number of para-hydroxylation sites is 1. The second-order valence-electron chi connectivity index (χ2n) is 8.16. The van der Waals surface area contributed by atoms with E-state index in [2.05, 4.69) is 9.71 Å². The lowest BCUT2D eigenvalue weighted by Crippen LogP contribution is -2.26. The van der Waals surface area contributed by atoms with Crippen molar-refractivity contribution in [3.8, 4) is 0 Å². The number of Topliss-reactive ketones (excluding diaryl/α,β-unsaturated/α-hetero) is 1. The maximum atomic E-state index is 13.0. The molecule has 12 nitrogen and oxygen atoms in total. The number of hydrogen-bond acceptors (Lipinski definition) is 9. The van der Waals surface area contributed by atoms with E-state index in [1.807, 2.05) is 0 Å². The first-order valence-electron chi connectivity index (χ1n) is 11.3. The van der Waals surface area contributed by atoms with Gasteiger partial charge in [0.2, 0.25) is 5.78 Å². The van der Waals surface area contributed by atoms with E-state index in [-0.39, 0.29) is 34.0 Å². The Morgan fingerprint density at radius 2 is 1.76 bits per heavy atom. The zero-order valence-electron chi connectivity index (χ0n) is 20.9. The summed E-state index contributed by atoms with van der Waals surface area (Å²) >= 11 is 0. The first-order valence-corrected chi connectivity index (χ1v) is 12.8. The number of rotatable bonds is 10. The van der Waals surface area contributed by atoms with Crippen LogP contribution >= 0.6 is 0 Å². The zero-order chi connectivity index (χ0) is 28.2. The van der Waals surface area contributed by atoms with Gasteiger partial charge >= 0.3 is 11.9 Å². The molecule has 3 rings (SSSR count). The molecule has 2 aromatic carbocycles. The highest BCUT2D eigenvalue weighted by Gasteiger charge is 2.29. The summed E-state index contributed by atoms with van der Waals surface area (Å²) in [5, 5.41) is 11.0. The van der Waals surface area contributed by atoms with Crippen molar-refractivity contribution in [1.29, 1.82) is 0 Å². The van der Waals surface area contributed by atoms with Crippen LogP contribution in [0.15, 0.2) is 53.4 Å².